The first-order valence-corrected chi connectivity index (χ1v) is 11.4. The first-order chi connectivity index (χ1) is 15.2. The molecule has 0 atom stereocenters. The van der Waals surface area contributed by atoms with Crippen LogP contribution in [0.5, 0.6) is 5.88 Å². The Morgan fingerprint density at radius 2 is 1.72 bits per heavy atom. The molecule has 1 fully saturated rings. The van der Waals surface area contributed by atoms with Gasteiger partial charge >= 0.3 is 0 Å². The van der Waals surface area contributed by atoms with Gasteiger partial charge in [-0.25, -0.2) is 4.98 Å². The Labute approximate surface area is 190 Å². The summed E-state index contributed by atoms with van der Waals surface area (Å²) >= 11 is 0. The molecule has 1 aliphatic carbocycles. The number of carboxylic acid groups (broad SMARTS) is 1. The topological polar surface area (TPSA) is 98.3 Å². The van der Waals surface area contributed by atoms with E-state index in [4.69, 9.17) is 20.4 Å². The van der Waals surface area contributed by atoms with Crippen molar-refractivity contribution in [2.24, 2.45) is 11.8 Å². The van der Waals surface area contributed by atoms with E-state index in [1.54, 1.807) is 0 Å². The van der Waals surface area contributed by atoms with E-state index in [9.17, 15) is 0 Å². The highest BCUT2D eigenvalue weighted by Gasteiger charge is 2.33. The van der Waals surface area contributed by atoms with Crippen LogP contribution in [0.2, 0.25) is 0 Å². The third-order valence-corrected chi connectivity index (χ3v) is 6.75. The number of hydrogen-bond acceptors (Lipinski definition) is 5. The minimum Gasteiger partial charge on any atom is -0.483 e. The summed E-state index contributed by atoms with van der Waals surface area (Å²) in [6.07, 6.45) is 7.41. The standard InChI is InChI=1S/C25H33N3O.CH2O2/c1-15(2)17-6-8-18(9-7-17)19-10-12-20(13-11-19)22-14-21-23(26)27-16(3)28-24(21)29-25(22,4)5;2-1-3/h10-15,17-18H,6-9H2,1-5H3,(H2,26,27,28);1H,(H,2,3). The lowest BCUT2D eigenvalue weighted by atomic mass is 9.74. The molecule has 6 heteroatoms. The van der Waals surface area contributed by atoms with Gasteiger partial charge in [0.1, 0.15) is 17.2 Å². The molecule has 0 radical (unpaired) electrons. The molecule has 3 N–H and O–H groups in total. The summed E-state index contributed by atoms with van der Waals surface area (Å²) in [4.78, 5) is 17.1. The van der Waals surface area contributed by atoms with Crippen LogP contribution in [0.25, 0.3) is 11.6 Å². The van der Waals surface area contributed by atoms with E-state index in [2.05, 4.69) is 68.0 Å². The number of ether oxygens (including phenoxy) is 1. The summed E-state index contributed by atoms with van der Waals surface area (Å²) < 4.78 is 6.23. The van der Waals surface area contributed by atoms with E-state index in [0.717, 1.165) is 23.0 Å². The SMILES string of the molecule is Cc1nc(N)c2c(n1)OC(C)(C)C(c1ccc(C3CCC(C(C)C)CC3)cc1)=C2.O=CO. The summed E-state index contributed by atoms with van der Waals surface area (Å²) in [5, 5.41) is 6.89. The van der Waals surface area contributed by atoms with Gasteiger partial charge in [-0.15, -0.1) is 0 Å². The predicted molar refractivity (Wildman–Crippen MR) is 128 cm³/mol. The van der Waals surface area contributed by atoms with Crippen molar-refractivity contribution in [2.75, 3.05) is 5.73 Å². The van der Waals surface area contributed by atoms with Crippen molar-refractivity contribution < 1.29 is 14.6 Å². The van der Waals surface area contributed by atoms with Crippen LogP contribution in [0.15, 0.2) is 24.3 Å². The molecule has 0 spiro atoms. The quantitative estimate of drug-likeness (QED) is 0.597. The van der Waals surface area contributed by atoms with Crippen molar-refractivity contribution in [3.63, 3.8) is 0 Å². The summed E-state index contributed by atoms with van der Waals surface area (Å²) in [5.74, 6) is 4.07. The minimum atomic E-state index is -0.475. The Hall–Kier alpha value is -2.89. The van der Waals surface area contributed by atoms with Crippen molar-refractivity contribution in [2.45, 2.75) is 71.8 Å². The molecule has 0 bridgehead atoms. The molecule has 32 heavy (non-hydrogen) atoms. The van der Waals surface area contributed by atoms with Gasteiger partial charge in [0.15, 0.2) is 0 Å². The number of anilines is 1. The first-order valence-electron chi connectivity index (χ1n) is 11.4. The average molecular weight is 438 g/mol. The van der Waals surface area contributed by atoms with E-state index in [1.165, 1.54) is 36.8 Å². The number of benzene rings is 1. The first kappa shape index (κ1) is 23.8. The van der Waals surface area contributed by atoms with Crippen molar-refractivity contribution in [3.8, 4) is 5.88 Å². The summed E-state index contributed by atoms with van der Waals surface area (Å²) in [6.45, 7) is 10.5. The van der Waals surface area contributed by atoms with Gasteiger partial charge in [-0.3, -0.25) is 4.79 Å². The van der Waals surface area contributed by atoms with Gasteiger partial charge in [-0.1, -0.05) is 38.1 Å². The number of aryl methyl sites for hydroxylation is 1. The number of nitrogens with zero attached hydrogens (tertiary/aromatic N) is 2. The number of rotatable bonds is 3. The molecule has 1 aliphatic heterocycles. The van der Waals surface area contributed by atoms with E-state index >= 15 is 0 Å². The normalized spacial score (nSPS) is 21.5. The molecule has 172 valence electrons. The van der Waals surface area contributed by atoms with Crippen LogP contribution in [-0.4, -0.2) is 27.1 Å². The zero-order valence-corrected chi connectivity index (χ0v) is 19.8. The zero-order chi connectivity index (χ0) is 23.5. The van der Waals surface area contributed by atoms with Crippen LogP contribution in [0, 0.1) is 18.8 Å². The molecule has 1 aromatic heterocycles. The molecule has 0 saturated heterocycles. The van der Waals surface area contributed by atoms with Crippen LogP contribution in [0.4, 0.5) is 5.82 Å². The lowest BCUT2D eigenvalue weighted by molar-refractivity contribution is -0.122. The van der Waals surface area contributed by atoms with Crippen LogP contribution >= 0.6 is 0 Å². The number of aromatic nitrogens is 2. The smallest absolute Gasteiger partial charge is 0.290 e. The van der Waals surface area contributed by atoms with E-state index < -0.39 is 5.60 Å². The van der Waals surface area contributed by atoms with Crippen molar-refractivity contribution in [1.82, 2.24) is 9.97 Å². The highest BCUT2D eigenvalue weighted by atomic mass is 16.5. The van der Waals surface area contributed by atoms with Gasteiger partial charge in [0.2, 0.25) is 5.88 Å². The van der Waals surface area contributed by atoms with Gasteiger partial charge in [-0.2, -0.15) is 4.98 Å². The maximum atomic E-state index is 8.36. The molecule has 2 heterocycles. The number of hydrogen-bond donors (Lipinski definition) is 2. The third-order valence-electron chi connectivity index (χ3n) is 6.75. The molecule has 1 saturated carbocycles. The largest absolute Gasteiger partial charge is 0.483 e. The fraction of sp³-hybridized carbons (Fsp3) is 0.500. The van der Waals surface area contributed by atoms with Crippen LogP contribution < -0.4 is 10.5 Å². The second-order valence-electron chi connectivity index (χ2n) is 9.63. The van der Waals surface area contributed by atoms with Gasteiger partial charge in [0, 0.05) is 5.57 Å². The fourth-order valence-corrected chi connectivity index (χ4v) is 4.89. The Morgan fingerprint density at radius 1 is 1.12 bits per heavy atom. The summed E-state index contributed by atoms with van der Waals surface area (Å²) in [6, 6.07) is 9.07. The van der Waals surface area contributed by atoms with Crippen molar-refractivity contribution in [1.29, 1.82) is 0 Å². The van der Waals surface area contributed by atoms with E-state index in [1.807, 2.05) is 6.92 Å². The van der Waals surface area contributed by atoms with E-state index in [-0.39, 0.29) is 6.47 Å². The Morgan fingerprint density at radius 3 is 2.28 bits per heavy atom. The summed E-state index contributed by atoms with van der Waals surface area (Å²) in [5.41, 5.74) is 10.2. The molecular formula is C26H35N3O3. The molecule has 2 aliphatic rings. The number of nitrogen functional groups attached to an aromatic ring is 1. The highest BCUT2D eigenvalue weighted by Crippen LogP contribution is 2.42. The van der Waals surface area contributed by atoms with Crippen LogP contribution in [0.1, 0.15) is 81.8 Å². The molecule has 6 nitrogen and oxygen atoms in total. The zero-order valence-electron chi connectivity index (χ0n) is 19.8. The Balaban J connectivity index is 0.000000913. The molecule has 0 unspecified atom stereocenters. The molecular weight excluding hydrogens is 402 g/mol. The monoisotopic (exact) mass is 437 g/mol. The number of nitrogens with two attached hydrogens (primary N) is 1. The van der Waals surface area contributed by atoms with Gasteiger partial charge in [0.05, 0.1) is 5.56 Å². The van der Waals surface area contributed by atoms with Gasteiger partial charge in [-0.05, 0) is 81.4 Å². The third kappa shape index (κ3) is 5.12. The molecule has 4 rings (SSSR count). The van der Waals surface area contributed by atoms with Gasteiger partial charge in [0.25, 0.3) is 6.47 Å². The van der Waals surface area contributed by atoms with Gasteiger partial charge < -0.3 is 15.6 Å². The summed E-state index contributed by atoms with van der Waals surface area (Å²) in [7, 11) is 0. The average Bonchev–Trinajstić information content (AvgIpc) is 2.73. The maximum absolute atomic E-state index is 8.36. The Kier molecular flexibility index (Phi) is 7.22. The number of carbonyl (C=O) groups is 1. The Bertz CT molecular complexity index is 973. The van der Waals surface area contributed by atoms with E-state index in [0.29, 0.717) is 23.4 Å². The van der Waals surface area contributed by atoms with Crippen LogP contribution in [-0.2, 0) is 4.79 Å². The van der Waals surface area contributed by atoms with Crippen molar-refractivity contribution in [3.05, 3.63) is 46.8 Å². The predicted octanol–water partition coefficient (Wildman–Crippen LogP) is 5.71. The minimum absolute atomic E-state index is 0.250. The lowest BCUT2D eigenvalue weighted by Gasteiger charge is -2.34. The highest BCUT2D eigenvalue weighted by molar-refractivity contribution is 5.91. The second kappa shape index (κ2) is 9.72. The second-order valence-corrected chi connectivity index (χ2v) is 9.63. The molecule has 0 amide bonds. The number of fused-ring (bicyclic) bond motifs is 1. The lowest BCUT2D eigenvalue weighted by Crippen LogP contribution is -2.33. The van der Waals surface area contributed by atoms with Crippen molar-refractivity contribution >= 4 is 23.9 Å². The molecule has 2 aromatic rings. The van der Waals surface area contributed by atoms with Crippen LogP contribution in [0.3, 0.4) is 0 Å². The molecule has 1 aromatic carbocycles. The fourth-order valence-electron chi connectivity index (χ4n) is 4.89. The maximum Gasteiger partial charge on any atom is 0.290 e.